The molecule has 0 saturated carbocycles. The van der Waals surface area contributed by atoms with Gasteiger partial charge in [0.2, 0.25) is 5.91 Å². The van der Waals surface area contributed by atoms with E-state index in [1.807, 2.05) is 34.9 Å². The van der Waals surface area contributed by atoms with Crippen LogP contribution in [0, 0.1) is 0 Å². The van der Waals surface area contributed by atoms with Crippen molar-refractivity contribution in [2.45, 2.75) is 18.2 Å². The molecule has 0 bridgehead atoms. The smallest absolute Gasteiger partial charge is 0.321 e. The first kappa shape index (κ1) is 19.4. The summed E-state index contributed by atoms with van der Waals surface area (Å²) in [6, 6.07) is 12.5. The number of hydrogen-bond donors (Lipinski definition) is 2. The van der Waals surface area contributed by atoms with Crippen LogP contribution in [0.4, 0.5) is 4.79 Å². The Balaban J connectivity index is 1.56. The number of imide groups is 1. The van der Waals surface area contributed by atoms with Gasteiger partial charge in [-0.05, 0) is 12.1 Å². The van der Waals surface area contributed by atoms with Crippen molar-refractivity contribution in [2.24, 2.45) is 0 Å². The third-order valence-electron chi connectivity index (χ3n) is 3.65. The van der Waals surface area contributed by atoms with Crippen LogP contribution in [-0.4, -0.2) is 32.5 Å². The van der Waals surface area contributed by atoms with Crippen LogP contribution < -0.4 is 10.6 Å². The number of aromatic nitrogens is 3. The van der Waals surface area contributed by atoms with E-state index in [4.69, 9.17) is 4.42 Å². The largest absolute Gasteiger partial charge is 0.467 e. The van der Waals surface area contributed by atoms with E-state index in [9.17, 15) is 9.59 Å². The predicted molar refractivity (Wildman–Crippen MR) is 105 cm³/mol. The van der Waals surface area contributed by atoms with Gasteiger partial charge < -0.3 is 9.73 Å². The van der Waals surface area contributed by atoms with Crippen molar-refractivity contribution in [2.75, 3.05) is 5.75 Å². The molecule has 8 nitrogen and oxygen atoms in total. The van der Waals surface area contributed by atoms with Crippen molar-refractivity contribution in [1.82, 2.24) is 25.4 Å². The number of allylic oxidation sites excluding steroid dienone is 1. The van der Waals surface area contributed by atoms with Gasteiger partial charge in [-0.1, -0.05) is 48.2 Å². The van der Waals surface area contributed by atoms with Crippen molar-refractivity contribution in [3.63, 3.8) is 0 Å². The first-order valence-electron chi connectivity index (χ1n) is 8.49. The van der Waals surface area contributed by atoms with Crippen molar-refractivity contribution in [3.8, 4) is 11.4 Å². The summed E-state index contributed by atoms with van der Waals surface area (Å²) in [4.78, 5) is 23.8. The van der Waals surface area contributed by atoms with E-state index in [0.29, 0.717) is 23.3 Å². The van der Waals surface area contributed by atoms with Gasteiger partial charge in [-0.25, -0.2) is 4.79 Å². The second kappa shape index (κ2) is 9.56. The van der Waals surface area contributed by atoms with Gasteiger partial charge in [0.05, 0.1) is 18.6 Å². The Labute approximate surface area is 166 Å². The van der Waals surface area contributed by atoms with E-state index in [1.165, 1.54) is 18.0 Å². The highest BCUT2D eigenvalue weighted by atomic mass is 32.2. The van der Waals surface area contributed by atoms with Crippen molar-refractivity contribution in [1.29, 1.82) is 0 Å². The highest BCUT2D eigenvalue weighted by Crippen LogP contribution is 2.23. The van der Waals surface area contributed by atoms with Gasteiger partial charge in [-0.15, -0.1) is 16.8 Å². The van der Waals surface area contributed by atoms with Gasteiger partial charge in [0.25, 0.3) is 0 Å². The number of amides is 3. The molecule has 1 aromatic carbocycles. The molecule has 0 aliphatic rings. The Morgan fingerprint density at radius 3 is 2.71 bits per heavy atom. The average Bonchev–Trinajstić information content (AvgIpc) is 3.36. The molecule has 0 radical (unpaired) electrons. The molecule has 0 aliphatic heterocycles. The van der Waals surface area contributed by atoms with Gasteiger partial charge in [0.15, 0.2) is 11.0 Å². The fourth-order valence-electron chi connectivity index (χ4n) is 2.41. The maximum atomic E-state index is 12.0. The lowest BCUT2D eigenvalue weighted by atomic mass is 10.2. The molecule has 9 heteroatoms. The minimum atomic E-state index is -0.584. The van der Waals surface area contributed by atoms with Crippen LogP contribution in [0.25, 0.3) is 11.4 Å². The highest BCUT2D eigenvalue weighted by molar-refractivity contribution is 7.99. The van der Waals surface area contributed by atoms with E-state index in [-0.39, 0.29) is 12.3 Å². The van der Waals surface area contributed by atoms with E-state index >= 15 is 0 Å². The topological polar surface area (TPSA) is 102 Å². The van der Waals surface area contributed by atoms with Crippen molar-refractivity contribution in [3.05, 3.63) is 67.1 Å². The second-order valence-corrected chi connectivity index (χ2v) is 6.61. The monoisotopic (exact) mass is 397 g/mol. The molecular weight excluding hydrogens is 378 g/mol. The zero-order valence-electron chi connectivity index (χ0n) is 15.0. The van der Waals surface area contributed by atoms with Gasteiger partial charge in [-0.2, -0.15) is 0 Å². The Kier molecular flexibility index (Phi) is 6.64. The SMILES string of the molecule is C=CCn1c(SCC(=O)NC(=O)NCc2ccco2)nnc1-c1ccccc1. The molecule has 3 rings (SSSR count). The van der Waals surface area contributed by atoms with Gasteiger partial charge in [0, 0.05) is 12.1 Å². The summed E-state index contributed by atoms with van der Waals surface area (Å²) in [5.41, 5.74) is 0.922. The predicted octanol–water partition coefficient (Wildman–Crippen LogP) is 2.84. The number of urea groups is 1. The summed E-state index contributed by atoms with van der Waals surface area (Å²) in [5.74, 6) is 0.886. The first-order valence-corrected chi connectivity index (χ1v) is 9.48. The van der Waals surface area contributed by atoms with E-state index in [2.05, 4.69) is 27.4 Å². The quantitative estimate of drug-likeness (QED) is 0.448. The number of nitrogens with zero attached hydrogens (tertiary/aromatic N) is 3. The highest BCUT2D eigenvalue weighted by Gasteiger charge is 2.15. The number of nitrogens with one attached hydrogen (secondary N) is 2. The number of carbonyl (C=O) groups excluding carboxylic acids is 2. The average molecular weight is 397 g/mol. The van der Waals surface area contributed by atoms with Crippen LogP contribution in [0.3, 0.4) is 0 Å². The molecule has 2 heterocycles. The van der Waals surface area contributed by atoms with Crippen LogP contribution in [0.2, 0.25) is 0 Å². The fourth-order valence-corrected chi connectivity index (χ4v) is 3.16. The lowest BCUT2D eigenvalue weighted by molar-refractivity contribution is -0.117. The van der Waals surface area contributed by atoms with E-state index in [1.54, 1.807) is 18.2 Å². The van der Waals surface area contributed by atoms with Gasteiger partial charge >= 0.3 is 6.03 Å². The molecule has 0 saturated heterocycles. The van der Waals surface area contributed by atoms with E-state index < -0.39 is 11.9 Å². The zero-order valence-corrected chi connectivity index (χ0v) is 15.8. The van der Waals surface area contributed by atoms with Crippen LogP contribution in [0.5, 0.6) is 0 Å². The standard InChI is InChI=1S/C19H19N5O3S/c1-2-10-24-17(14-7-4-3-5-8-14)22-23-19(24)28-13-16(25)21-18(26)20-12-15-9-6-11-27-15/h2-9,11H,1,10,12-13H2,(H2,20,21,25,26). The van der Waals surface area contributed by atoms with E-state index in [0.717, 1.165) is 5.56 Å². The minimum Gasteiger partial charge on any atom is -0.467 e. The number of carbonyl (C=O) groups is 2. The van der Waals surface area contributed by atoms with Crippen LogP contribution >= 0.6 is 11.8 Å². The minimum absolute atomic E-state index is 0.0260. The van der Waals surface area contributed by atoms with Crippen LogP contribution in [0.15, 0.2) is 71.0 Å². The second-order valence-electron chi connectivity index (χ2n) is 5.67. The molecule has 0 unspecified atom stereocenters. The van der Waals surface area contributed by atoms with Crippen molar-refractivity contribution < 1.29 is 14.0 Å². The summed E-state index contributed by atoms with van der Waals surface area (Å²) >= 11 is 1.20. The number of hydrogen-bond acceptors (Lipinski definition) is 6. The fraction of sp³-hybridized carbons (Fsp3) is 0.158. The third kappa shape index (κ3) is 5.10. The summed E-state index contributed by atoms with van der Waals surface area (Å²) in [7, 11) is 0. The molecule has 0 fully saturated rings. The lowest BCUT2D eigenvalue weighted by Crippen LogP contribution is -2.39. The number of rotatable bonds is 8. The number of benzene rings is 1. The third-order valence-corrected chi connectivity index (χ3v) is 4.62. The van der Waals surface area contributed by atoms with Crippen LogP contribution in [0.1, 0.15) is 5.76 Å². The maximum Gasteiger partial charge on any atom is 0.321 e. The van der Waals surface area contributed by atoms with Gasteiger partial charge in [0.1, 0.15) is 5.76 Å². The Morgan fingerprint density at radius 2 is 2.00 bits per heavy atom. The summed E-state index contributed by atoms with van der Waals surface area (Å²) in [6.07, 6.45) is 3.25. The zero-order chi connectivity index (χ0) is 19.8. The molecule has 2 N–H and O–H groups in total. The molecule has 0 aliphatic carbocycles. The lowest BCUT2D eigenvalue weighted by Gasteiger charge is -2.08. The normalized spacial score (nSPS) is 10.4. The molecule has 0 spiro atoms. The molecule has 3 aromatic rings. The Hall–Kier alpha value is -3.33. The Bertz CT molecular complexity index is 938. The first-order chi connectivity index (χ1) is 13.7. The number of furan rings is 1. The van der Waals surface area contributed by atoms with Crippen LogP contribution in [-0.2, 0) is 17.9 Å². The summed E-state index contributed by atoms with van der Waals surface area (Å²) < 4.78 is 6.98. The molecule has 144 valence electrons. The summed E-state index contributed by atoms with van der Waals surface area (Å²) in [6.45, 7) is 4.47. The molecule has 3 amide bonds. The summed E-state index contributed by atoms with van der Waals surface area (Å²) in [5, 5.41) is 13.8. The molecular formula is C19H19N5O3S. The van der Waals surface area contributed by atoms with Crippen molar-refractivity contribution >= 4 is 23.7 Å². The van der Waals surface area contributed by atoms with Gasteiger partial charge in [-0.3, -0.25) is 14.7 Å². The maximum absolute atomic E-state index is 12.0. The Morgan fingerprint density at radius 1 is 1.18 bits per heavy atom. The number of thioether (sulfide) groups is 1. The molecule has 28 heavy (non-hydrogen) atoms. The molecule has 2 aromatic heterocycles. The molecule has 0 atom stereocenters.